The first kappa shape index (κ1) is 22.0. The van der Waals surface area contributed by atoms with Crippen molar-refractivity contribution in [3.8, 4) is 22.9 Å². The van der Waals surface area contributed by atoms with E-state index in [2.05, 4.69) is 56.0 Å². The molecular weight excluding hydrogens is 418 g/mol. The average molecular weight is 448 g/mol. The van der Waals surface area contributed by atoms with E-state index in [1.807, 2.05) is 48.7 Å². The van der Waals surface area contributed by atoms with Gasteiger partial charge >= 0.3 is 0 Å². The number of hydrogen-bond donors (Lipinski definition) is 0. The van der Waals surface area contributed by atoms with Crippen molar-refractivity contribution in [2.45, 2.75) is 27.2 Å². The van der Waals surface area contributed by atoms with Crippen molar-refractivity contribution in [2.24, 2.45) is 11.8 Å². The fourth-order valence-corrected chi connectivity index (χ4v) is 5.46. The quantitative estimate of drug-likeness (QED) is 0.369. The molecule has 0 radical (unpaired) electrons. The van der Waals surface area contributed by atoms with E-state index in [-0.39, 0.29) is 5.56 Å². The van der Waals surface area contributed by atoms with Gasteiger partial charge in [-0.1, -0.05) is 38.1 Å². The van der Waals surface area contributed by atoms with Gasteiger partial charge in [0, 0.05) is 36.0 Å². The van der Waals surface area contributed by atoms with Crippen LogP contribution in [0.15, 0.2) is 77.7 Å². The molecule has 1 saturated heterocycles. The second kappa shape index (κ2) is 8.83. The Morgan fingerprint density at radius 2 is 1.53 bits per heavy atom. The Labute approximate surface area is 200 Å². The van der Waals surface area contributed by atoms with Crippen LogP contribution in [0, 0.1) is 30.1 Å². The van der Waals surface area contributed by atoms with Crippen molar-refractivity contribution < 1.29 is 0 Å². The Balaban J connectivity index is 1.55. The number of piperidine rings is 1. The van der Waals surface area contributed by atoms with Gasteiger partial charge in [0.2, 0.25) is 0 Å². The molecule has 5 rings (SSSR count). The van der Waals surface area contributed by atoms with Crippen LogP contribution in [0.2, 0.25) is 0 Å². The van der Waals surface area contributed by atoms with Crippen LogP contribution in [0.5, 0.6) is 0 Å². The molecule has 2 atom stereocenters. The van der Waals surface area contributed by atoms with Gasteiger partial charge in [0.15, 0.2) is 0 Å². The number of pyridine rings is 1. The topological polar surface area (TPSA) is 49.0 Å². The Morgan fingerprint density at radius 3 is 2.18 bits per heavy atom. The maximum Gasteiger partial charge on any atom is 0.262 e. The van der Waals surface area contributed by atoms with Gasteiger partial charge in [-0.3, -0.25) is 9.36 Å². The summed E-state index contributed by atoms with van der Waals surface area (Å²) >= 11 is 0. The molecule has 1 aliphatic heterocycles. The van der Waals surface area contributed by atoms with Crippen LogP contribution in [0.1, 0.15) is 31.4 Å². The summed E-state index contributed by atoms with van der Waals surface area (Å²) in [5.74, 6) is 1.39. The van der Waals surface area contributed by atoms with Crippen molar-refractivity contribution in [3.63, 3.8) is 0 Å². The van der Waals surface area contributed by atoms with E-state index in [1.165, 1.54) is 12.1 Å². The molecule has 2 heterocycles. The van der Waals surface area contributed by atoms with Crippen LogP contribution in [0.3, 0.4) is 0 Å². The molecule has 0 N–H and O–H groups in total. The minimum absolute atomic E-state index is 0.0240. The number of rotatable bonds is 3. The largest absolute Gasteiger partial charge is 0.371 e. The summed E-state index contributed by atoms with van der Waals surface area (Å²) in [6, 6.07) is 23.9. The maximum absolute atomic E-state index is 13.5. The van der Waals surface area contributed by atoms with E-state index in [9.17, 15) is 4.79 Å². The molecule has 4 aromatic rings. The zero-order chi connectivity index (χ0) is 23.8. The molecule has 0 spiro atoms. The third-order valence-corrected chi connectivity index (χ3v) is 6.92. The van der Waals surface area contributed by atoms with E-state index in [0.717, 1.165) is 40.9 Å². The van der Waals surface area contributed by atoms with Gasteiger partial charge in [-0.15, -0.1) is 0 Å². The van der Waals surface area contributed by atoms with E-state index in [4.69, 9.17) is 5.26 Å². The van der Waals surface area contributed by atoms with Crippen molar-refractivity contribution in [3.05, 3.63) is 94.4 Å². The molecule has 4 nitrogen and oxygen atoms in total. The molecule has 3 aromatic carbocycles. The number of anilines is 1. The van der Waals surface area contributed by atoms with Gasteiger partial charge in [-0.25, -0.2) is 0 Å². The minimum Gasteiger partial charge on any atom is -0.371 e. The zero-order valence-corrected chi connectivity index (χ0v) is 20.0. The normalized spacial score (nSPS) is 18.1. The summed E-state index contributed by atoms with van der Waals surface area (Å²) in [7, 11) is 0. The lowest BCUT2D eigenvalue weighted by Crippen LogP contribution is -2.38. The molecule has 2 unspecified atom stereocenters. The van der Waals surface area contributed by atoms with Crippen LogP contribution in [-0.2, 0) is 0 Å². The highest BCUT2D eigenvalue weighted by Crippen LogP contribution is 2.31. The van der Waals surface area contributed by atoms with E-state index >= 15 is 0 Å². The minimum atomic E-state index is -0.0240. The summed E-state index contributed by atoms with van der Waals surface area (Å²) in [4.78, 5) is 16.0. The number of benzene rings is 3. The van der Waals surface area contributed by atoms with Crippen molar-refractivity contribution in [1.29, 1.82) is 5.26 Å². The summed E-state index contributed by atoms with van der Waals surface area (Å²) in [5, 5.41) is 10.8. The van der Waals surface area contributed by atoms with E-state index in [1.54, 1.807) is 4.57 Å². The summed E-state index contributed by atoms with van der Waals surface area (Å²) in [6.45, 7) is 8.85. The average Bonchev–Trinajstić information content (AvgIpc) is 2.85. The Kier molecular flexibility index (Phi) is 5.71. The number of hydrogen-bond acceptors (Lipinski definition) is 3. The molecule has 34 heavy (non-hydrogen) atoms. The van der Waals surface area contributed by atoms with Gasteiger partial charge < -0.3 is 4.90 Å². The molecule has 1 aromatic heterocycles. The Bertz CT molecular complexity index is 1430. The smallest absolute Gasteiger partial charge is 0.262 e. The number of aryl methyl sites for hydroxylation is 1. The monoisotopic (exact) mass is 447 g/mol. The van der Waals surface area contributed by atoms with Crippen LogP contribution >= 0.6 is 0 Å². The Hall–Kier alpha value is -3.84. The van der Waals surface area contributed by atoms with Crippen LogP contribution in [0.4, 0.5) is 5.69 Å². The first-order chi connectivity index (χ1) is 16.4. The van der Waals surface area contributed by atoms with Gasteiger partial charge in [0.05, 0.1) is 11.6 Å². The van der Waals surface area contributed by atoms with Crippen LogP contribution in [-0.4, -0.2) is 17.7 Å². The summed E-state index contributed by atoms with van der Waals surface area (Å²) in [6.07, 6.45) is 3.22. The highest BCUT2D eigenvalue weighted by atomic mass is 16.1. The fraction of sp³-hybridized carbons (Fsp3) is 0.267. The van der Waals surface area contributed by atoms with Gasteiger partial charge in [-0.05, 0) is 89.7 Å². The maximum atomic E-state index is 13.5. The third-order valence-electron chi connectivity index (χ3n) is 6.92. The molecule has 1 aliphatic rings. The molecule has 0 amide bonds. The highest BCUT2D eigenvalue weighted by molar-refractivity contribution is 5.98. The zero-order valence-electron chi connectivity index (χ0n) is 20.0. The lowest BCUT2D eigenvalue weighted by molar-refractivity contribution is 0.357. The lowest BCUT2D eigenvalue weighted by atomic mass is 9.91. The second-order valence-corrected chi connectivity index (χ2v) is 9.77. The third kappa shape index (κ3) is 3.99. The van der Waals surface area contributed by atoms with Crippen molar-refractivity contribution >= 4 is 16.5 Å². The van der Waals surface area contributed by atoms with Crippen LogP contribution < -0.4 is 10.5 Å². The molecule has 170 valence electrons. The highest BCUT2D eigenvalue weighted by Gasteiger charge is 2.22. The number of nitriles is 1. The SMILES string of the molecule is Cc1cn(-c2ccc(N3CC(C)CC(C)C3)cc2)c(=O)c2cccc(-c3ccc(C#N)cc3)c12. The molecule has 0 saturated carbocycles. The molecular formula is C30H29N3O. The predicted molar refractivity (Wildman–Crippen MR) is 140 cm³/mol. The summed E-state index contributed by atoms with van der Waals surface area (Å²) in [5.41, 5.74) is 5.74. The first-order valence-corrected chi connectivity index (χ1v) is 12.0. The number of fused-ring (bicyclic) bond motifs is 1. The van der Waals surface area contributed by atoms with E-state index in [0.29, 0.717) is 22.8 Å². The van der Waals surface area contributed by atoms with Crippen LogP contribution in [0.25, 0.3) is 27.6 Å². The van der Waals surface area contributed by atoms with Gasteiger partial charge in [0.1, 0.15) is 0 Å². The standard InChI is InChI=1S/C30H29N3O/c1-20-15-21(2)18-32(17-20)25-11-13-26(14-12-25)33-19-22(3)29-27(5-4-6-28(29)30(33)34)24-9-7-23(16-31)8-10-24/h4-14,19-21H,15,17-18H2,1-3H3. The molecule has 1 fully saturated rings. The van der Waals surface area contributed by atoms with Gasteiger partial charge in [-0.2, -0.15) is 5.26 Å². The predicted octanol–water partition coefficient (Wildman–Crippen LogP) is 6.32. The van der Waals surface area contributed by atoms with Crippen molar-refractivity contribution in [1.82, 2.24) is 4.57 Å². The molecule has 4 heteroatoms. The first-order valence-electron chi connectivity index (χ1n) is 12.0. The second-order valence-electron chi connectivity index (χ2n) is 9.77. The molecule has 0 aliphatic carbocycles. The Morgan fingerprint density at radius 1 is 0.882 bits per heavy atom. The summed E-state index contributed by atoms with van der Waals surface area (Å²) < 4.78 is 1.76. The fourth-order valence-electron chi connectivity index (χ4n) is 5.46. The van der Waals surface area contributed by atoms with E-state index < -0.39 is 0 Å². The van der Waals surface area contributed by atoms with Crippen molar-refractivity contribution in [2.75, 3.05) is 18.0 Å². The van der Waals surface area contributed by atoms with Gasteiger partial charge in [0.25, 0.3) is 5.56 Å². The number of nitrogens with zero attached hydrogens (tertiary/aromatic N) is 3. The number of aromatic nitrogens is 1. The lowest BCUT2D eigenvalue weighted by Gasteiger charge is -2.36. The molecule has 0 bridgehead atoms.